The topological polar surface area (TPSA) is 40.5 Å². The summed E-state index contributed by atoms with van der Waals surface area (Å²) >= 11 is 0. The number of carbonyl (C=O) groups is 1. The minimum Gasteiger partial charge on any atom is -0.395 e. The molecule has 1 N–H and O–H groups in total. The molecule has 0 saturated heterocycles. The zero-order valence-corrected chi connectivity index (χ0v) is 9.78. The Morgan fingerprint density at radius 3 is 2.41 bits per heavy atom. The highest BCUT2D eigenvalue weighted by molar-refractivity contribution is 5.98. The van der Waals surface area contributed by atoms with Crippen LogP contribution in [-0.2, 0) is 0 Å². The number of ketones is 1. The minimum atomic E-state index is -0.861. The molecule has 1 aromatic carbocycles. The van der Waals surface area contributed by atoms with Crippen LogP contribution in [0.5, 0.6) is 0 Å². The van der Waals surface area contributed by atoms with Gasteiger partial charge in [-0.05, 0) is 26.1 Å². The molecule has 94 valence electrons. The van der Waals surface area contributed by atoms with Crippen LogP contribution in [0.1, 0.15) is 17.3 Å². The summed E-state index contributed by atoms with van der Waals surface area (Å²) in [6, 6.07) is 3.06. The lowest BCUT2D eigenvalue weighted by Gasteiger charge is -2.21. The Morgan fingerprint density at radius 2 is 1.94 bits per heavy atom. The fourth-order valence-electron chi connectivity index (χ4n) is 1.36. The maximum absolute atomic E-state index is 13.3. The van der Waals surface area contributed by atoms with Crippen molar-refractivity contribution < 1.29 is 18.7 Å². The van der Waals surface area contributed by atoms with Crippen LogP contribution in [0.3, 0.4) is 0 Å². The van der Waals surface area contributed by atoms with Crippen molar-refractivity contribution >= 4 is 5.78 Å². The molecule has 0 saturated carbocycles. The summed E-state index contributed by atoms with van der Waals surface area (Å²) in [5, 5.41) is 8.90. The molecule has 0 aliphatic heterocycles. The van der Waals surface area contributed by atoms with Crippen LogP contribution in [0.2, 0.25) is 0 Å². The Labute approximate surface area is 98.7 Å². The number of aliphatic hydroxyl groups is 1. The molecule has 0 heterocycles. The number of rotatable bonds is 5. The van der Waals surface area contributed by atoms with E-state index in [9.17, 15) is 13.6 Å². The summed E-state index contributed by atoms with van der Waals surface area (Å²) in [5.74, 6) is -2.36. The number of hydrogen-bond donors (Lipinski definition) is 1. The Morgan fingerprint density at radius 1 is 1.41 bits per heavy atom. The average molecular weight is 243 g/mol. The van der Waals surface area contributed by atoms with Crippen molar-refractivity contribution in [2.75, 3.05) is 20.2 Å². The van der Waals surface area contributed by atoms with Crippen molar-refractivity contribution in [1.29, 1.82) is 0 Å². The molecule has 3 nitrogen and oxygen atoms in total. The van der Waals surface area contributed by atoms with Gasteiger partial charge in [-0.2, -0.15) is 0 Å². The number of halogens is 2. The summed E-state index contributed by atoms with van der Waals surface area (Å²) in [7, 11) is 1.61. The van der Waals surface area contributed by atoms with Crippen LogP contribution in [-0.4, -0.2) is 42.0 Å². The Kier molecular flexibility index (Phi) is 4.72. The number of Topliss-reactive ketones (excluding diaryl/α,β-unsaturated/α-hetero) is 1. The maximum atomic E-state index is 13.3. The second kappa shape index (κ2) is 5.84. The van der Waals surface area contributed by atoms with Crippen molar-refractivity contribution in [2.45, 2.75) is 13.0 Å². The fourth-order valence-corrected chi connectivity index (χ4v) is 1.36. The van der Waals surface area contributed by atoms with Crippen LogP contribution >= 0.6 is 0 Å². The van der Waals surface area contributed by atoms with E-state index >= 15 is 0 Å². The highest BCUT2D eigenvalue weighted by Crippen LogP contribution is 2.13. The molecule has 0 spiro atoms. The van der Waals surface area contributed by atoms with E-state index in [1.54, 1.807) is 14.0 Å². The van der Waals surface area contributed by atoms with E-state index in [1.807, 2.05) is 0 Å². The molecule has 1 atom stereocenters. The standard InChI is InChI=1S/C12H15F2NO2/c1-8(7-16)15(2)6-11(17)12-9(13)4-3-5-10(12)14/h3-5,8,16H,6-7H2,1-2H3. The summed E-state index contributed by atoms with van der Waals surface area (Å²) < 4.78 is 26.6. The highest BCUT2D eigenvalue weighted by Gasteiger charge is 2.20. The van der Waals surface area contributed by atoms with E-state index in [2.05, 4.69) is 0 Å². The predicted molar refractivity (Wildman–Crippen MR) is 59.9 cm³/mol. The smallest absolute Gasteiger partial charge is 0.182 e. The molecule has 0 aliphatic carbocycles. The van der Waals surface area contributed by atoms with Crippen LogP contribution in [0.25, 0.3) is 0 Å². The lowest BCUT2D eigenvalue weighted by molar-refractivity contribution is 0.0882. The van der Waals surface area contributed by atoms with E-state index in [1.165, 1.54) is 11.0 Å². The molecule has 1 unspecified atom stereocenters. The van der Waals surface area contributed by atoms with E-state index in [0.717, 1.165) is 12.1 Å². The molecule has 0 amide bonds. The fraction of sp³-hybridized carbons (Fsp3) is 0.417. The van der Waals surface area contributed by atoms with Gasteiger partial charge in [-0.3, -0.25) is 9.69 Å². The third-order valence-electron chi connectivity index (χ3n) is 2.65. The quantitative estimate of drug-likeness (QED) is 0.796. The molecular formula is C12H15F2NO2. The second-order valence-corrected chi connectivity index (χ2v) is 3.97. The zero-order chi connectivity index (χ0) is 13.0. The molecule has 0 bridgehead atoms. The number of carbonyl (C=O) groups excluding carboxylic acids is 1. The van der Waals surface area contributed by atoms with Gasteiger partial charge in [0.15, 0.2) is 5.78 Å². The van der Waals surface area contributed by atoms with Crippen molar-refractivity contribution in [3.05, 3.63) is 35.4 Å². The van der Waals surface area contributed by atoms with Crippen molar-refractivity contribution in [3.63, 3.8) is 0 Å². The van der Waals surface area contributed by atoms with E-state index in [0.29, 0.717) is 0 Å². The SMILES string of the molecule is CC(CO)N(C)CC(=O)c1c(F)cccc1F. The summed E-state index contributed by atoms with van der Waals surface area (Å²) in [6.45, 7) is 1.45. The lowest BCUT2D eigenvalue weighted by Crippen LogP contribution is -2.36. The third-order valence-corrected chi connectivity index (χ3v) is 2.65. The summed E-state index contributed by atoms with van der Waals surface area (Å²) in [4.78, 5) is 13.2. The van der Waals surface area contributed by atoms with Crippen LogP contribution in [0.4, 0.5) is 8.78 Å². The molecule has 0 aliphatic rings. The minimum absolute atomic E-state index is 0.121. The Bertz CT molecular complexity index is 389. The number of benzene rings is 1. The zero-order valence-electron chi connectivity index (χ0n) is 9.78. The lowest BCUT2D eigenvalue weighted by atomic mass is 10.1. The Hall–Kier alpha value is -1.33. The third kappa shape index (κ3) is 3.31. The van der Waals surface area contributed by atoms with E-state index < -0.39 is 23.0 Å². The van der Waals surface area contributed by atoms with E-state index in [-0.39, 0.29) is 19.2 Å². The van der Waals surface area contributed by atoms with Crippen LogP contribution in [0, 0.1) is 11.6 Å². The van der Waals surface area contributed by atoms with Gasteiger partial charge in [-0.25, -0.2) is 8.78 Å². The molecule has 0 aromatic heterocycles. The average Bonchev–Trinajstić information content (AvgIpc) is 2.27. The largest absolute Gasteiger partial charge is 0.395 e. The molecule has 0 radical (unpaired) electrons. The normalized spacial score (nSPS) is 12.8. The maximum Gasteiger partial charge on any atom is 0.182 e. The molecule has 1 aromatic rings. The number of likely N-dealkylation sites (N-methyl/N-ethyl adjacent to an activating group) is 1. The first-order valence-corrected chi connectivity index (χ1v) is 5.25. The molecule has 5 heteroatoms. The number of hydrogen-bond acceptors (Lipinski definition) is 3. The molecule has 17 heavy (non-hydrogen) atoms. The van der Waals surface area contributed by atoms with Gasteiger partial charge in [0.2, 0.25) is 0 Å². The molecule has 1 rings (SSSR count). The first-order chi connectivity index (χ1) is 7.97. The second-order valence-electron chi connectivity index (χ2n) is 3.97. The van der Waals surface area contributed by atoms with Crippen LogP contribution in [0.15, 0.2) is 18.2 Å². The highest BCUT2D eigenvalue weighted by atomic mass is 19.1. The van der Waals surface area contributed by atoms with Gasteiger partial charge >= 0.3 is 0 Å². The van der Waals surface area contributed by atoms with Gasteiger partial charge in [-0.15, -0.1) is 0 Å². The number of nitrogens with zero attached hydrogens (tertiary/aromatic N) is 1. The van der Waals surface area contributed by atoms with Gasteiger partial charge in [0.25, 0.3) is 0 Å². The predicted octanol–water partition coefficient (Wildman–Crippen LogP) is 1.46. The van der Waals surface area contributed by atoms with Crippen molar-refractivity contribution in [3.8, 4) is 0 Å². The van der Waals surface area contributed by atoms with E-state index in [4.69, 9.17) is 5.11 Å². The van der Waals surface area contributed by atoms with Crippen LogP contribution < -0.4 is 0 Å². The van der Waals surface area contributed by atoms with Crippen molar-refractivity contribution in [1.82, 2.24) is 4.90 Å². The Balaban J connectivity index is 2.84. The van der Waals surface area contributed by atoms with Gasteiger partial charge in [0.1, 0.15) is 11.6 Å². The monoisotopic (exact) mass is 243 g/mol. The van der Waals surface area contributed by atoms with Crippen molar-refractivity contribution in [2.24, 2.45) is 0 Å². The summed E-state index contributed by atoms with van der Waals surface area (Å²) in [5.41, 5.74) is -0.524. The van der Waals surface area contributed by atoms with Gasteiger partial charge < -0.3 is 5.11 Å². The summed E-state index contributed by atoms with van der Waals surface area (Å²) in [6.07, 6.45) is 0. The molecular weight excluding hydrogens is 228 g/mol. The first-order valence-electron chi connectivity index (χ1n) is 5.25. The van der Waals surface area contributed by atoms with Gasteiger partial charge in [0.05, 0.1) is 18.7 Å². The van der Waals surface area contributed by atoms with Gasteiger partial charge in [0, 0.05) is 6.04 Å². The molecule has 0 fully saturated rings. The number of aliphatic hydroxyl groups excluding tert-OH is 1. The first kappa shape index (κ1) is 13.7. The van der Waals surface area contributed by atoms with Gasteiger partial charge in [-0.1, -0.05) is 6.07 Å².